The van der Waals surface area contributed by atoms with Gasteiger partial charge in [0.15, 0.2) is 6.61 Å². The number of carboxylic acid groups (broad SMARTS) is 1. The van der Waals surface area contributed by atoms with Gasteiger partial charge in [-0.15, -0.1) is 0 Å². The third kappa shape index (κ3) is 3.55. The van der Waals surface area contributed by atoms with Gasteiger partial charge in [0.2, 0.25) is 0 Å². The van der Waals surface area contributed by atoms with Crippen LogP contribution < -0.4 is 4.74 Å². The average molecular weight is 331 g/mol. The van der Waals surface area contributed by atoms with Crippen molar-refractivity contribution in [2.24, 2.45) is 5.92 Å². The normalized spacial score (nSPS) is 18.1. The fourth-order valence-corrected chi connectivity index (χ4v) is 3.43. The van der Waals surface area contributed by atoms with Gasteiger partial charge in [0, 0.05) is 17.6 Å². The number of carbonyl (C=O) groups excluding carboxylic acids is 1. The maximum atomic E-state index is 13.1. The number of nitrogens with zero attached hydrogens (tertiary/aromatic N) is 1. The minimum Gasteiger partial charge on any atom is -0.481 e. The Hall–Kier alpha value is -2.04. The Morgan fingerprint density at radius 1 is 1.21 bits per heavy atom. The van der Waals surface area contributed by atoms with E-state index in [1.807, 2.05) is 26.0 Å². The number of amides is 1. The number of aliphatic carboxylic acids is 1. The summed E-state index contributed by atoms with van der Waals surface area (Å²) in [6.07, 6.45) is 4.64. The summed E-state index contributed by atoms with van der Waals surface area (Å²) in [6, 6.07) is 4.33. The van der Waals surface area contributed by atoms with Crippen molar-refractivity contribution >= 4 is 11.9 Å². The molecule has 2 aliphatic rings. The first-order valence-corrected chi connectivity index (χ1v) is 8.67. The summed E-state index contributed by atoms with van der Waals surface area (Å²) in [5.41, 5.74) is 2.27. The Kier molecular flexibility index (Phi) is 4.52. The van der Waals surface area contributed by atoms with Gasteiger partial charge in [-0.3, -0.25) is 4.79 Å². The largest absolute Gasteiger partial charge is 0.481 e. The SMILES string of the molecule is Cc1cc(C(=O)N(C2CC2)C(C)C2CC2)cc(C)c1OCC(=O)O. The zero-order chi connectivity index (χ0) is 17.4. The molecule has 0 aromatic heterocycles. The minimum atomic E-state index is -1.01. The van der Waals surface area contributed by atoms with Crippen LogP contribution in [-0.4, -0.2) is 40.6 Å². The van der Waals surface area contributed by atoms with Gasteiger partial charge in [-0.1, -0.05) is 0 Å². The minimum absolute atomic E-state index is 0.0906. The quantitative estimate of drug-likeness (QED) is 0.833. The monoisotopic (exact) mass is 331 g/mol. The van der Waals surface area contributed by atoms with Gasteiger partial charge < -0.3 is 14.7 Å². The second kappa shape index (κ2) is 6.46. The number of aryl methyl sites for hydroxylation is 2. The Balaban J connectivity index is 1.82. The molecule has 0 heterocycles. The fraction of sp³-hybridized carbons (Fsp3) is 0.579. The molecule has 3 rings (SSSR count). The predicted octanol–water partition coefficient (Wildman–Crippen LogP) is 3.17. The van der Waals surface area contributed by atoms with Gasteiger partial charge >= 0.3 is 5.97 Å². The Morgan fingerprint density at radius 3 is 2.25 bits per heavy atom. The second-order valence-corrected chi connectivity index (χ2v) is 7.14. The highest BCUT2D eigenvalue weighted by Gasteiger charge is 2.42. The lowest BCUT2D eigenvalue weighted by molar-refractivity contribution is -0.139. The molecule has 0 spiro atoms. The summed E-state index contributed by atoms with van der Waals surface area (Å²) in [6.45, 7) is 5.50. The van der Waals surface area contributed by atoms with Gasteiger partial charge in [0.1, 0.15) is 5.75 Å². The molecule has 1 amide bonds. The topological polar surface area (TPSA) is 66.8 Å². The highest BCUT2D eigenvalue weighted by atomic mass is 16.5. The Bertz CT molecular complexity index is 638. The molecule has 5 heteroatoms. The molecule has 24 heavy (non-hydrogen) atoms. The highest BCUT2D eigenvalue weighted by molar-refractivity contribution is 5.95. The van der Waals surface area contributed by atoms with E-state index in [1.165, 1.54) is 12.8 Å². The molecule has 0 aliphatic heterocycles. The van der Waals surface area contributed by atoms with Crippen molar-refractivity contribution in [3.63, 3.8) is 0 Å². The van der Waals surface area contributed by atoms with Crippen LogP contribution in [-0.2, 0) is 4.79 Å². The molecule has 1 unspecified atom stereocenters. The molecule has 0 bridgehead atoms. The van der Waals surface area contributed by atoms with Crippen molar-refractivity contribution in [2.75, 3.05) is 6.61 Å². The second-order valence-electron chi connectivity index (χ2n) is 7.14. The lowest BCUT2D eigenvalue weighted by Crippen LogP contribution is -2.41. The van der Waals surface area contributed by atoms with Crippen LogP contribution in [0.25, 0.3) is 0 Å². The van der Waals surface area contributed by atoms with E-state index in [9.17, 15) is 9.59 Å². The van der Waals surface area contributed by atoms with Crippen LogP contribution in [0.4, 0.5) is 0 Å². The first kappa shape index (κ1) is 16.8. The summed E-state index contributed by atoms with van der Waals surface area (Å²) in [5, 5.41) is 8.77. The molecule has 0 radical (unpaired) electrons. The number of hydrogen-bond donors (Lipinski definition) is 1. The molecule has 0 saturated heterocycles. The zero-order valence-corrected chi connectivity index (χ0v) is 14.5. The van der Waals surface area contributed by atoms with E-state index in [0.29, 0.717) is 29.3 Å². The first-order valence-electron chi connectivity index (χ1n) is 8.67. The number of ether oxygens (including phenoxy) is 1. The molecule has 130 valence electrons. The van der Waals surface area contributed by atoms with E-state index in [-0.39, 0.29) is 12.5 Å². The maximum Gasteiger partial charge on any atom is 0.341 e. The molecule has 2 aliphatic carbocycles. The van der Waals surface area contributed by atoms with E-state index >= 15 is 0 Å². The number of benzene rings is 1. The van der Waals surface area contributed by atoms with E-state index < -0.39 is 5.97 Å². The van der Waals surface area contributed by atoms with Crippen molar-refractivity contribution in [1.82, 2.24) is 4.90 Å². The Morgan fingerprint density at radius 2 is 1.79 bits per heavy atom. The molecule has 2 saturated carbocycles. The standard InChI is InChI=1S/C19H25NO4/c1-11-8-15(9-12(2)18(11)24-10-17(21)22)19(23)20(16-6-7-16)13(3)14-4-5-14/h8-9,13-14,16H,4-7,10H2,1-3H3,(H,21,22). The number of rotatable bonds is 7. The number of carbonyl (C=O) groups is 2. The summed E-state index contributed by atoms with van der Waals surface area (Å²) in [5.74, 6) is 0.289. The molecule has 2 fully saturated rings. The van der Waals surface area contributed by atoms with Crippen molar-refractivity contribution < 1.29 is 19.4 Å². The molecule has 1 aromatic carbocycles. The van der Waals surface area contributed by atoms with Crippen LogP contribution >= 0.6 is 0 Å². The van der Waals surface area contributed by atoms with Crippen molar-refractivity contribution in [3.05, 3.63) is 28.8 Å². The summed E-state index contributed by atoms with van der Waals surface area (Å²) >= 11 is 0. The number of hydrogen-bond acceptors (Lipinski definition) is 3. The zero-order valence-electron chi connectivity index (χ0n) is 14.5. The molecule has 1 N–H and O–H groups in total. The third-order valence-corrected chi connectivity index (χ3v) is 4.97. The van der Waals surface area contributed by atoms with Crippen molar-refractivity contribution in [2.45, 2.75) is 58.5 Å². The smallest absolute Gasteiger partial charge is 0.341 e. The van der Waals surface area contributed by atoms with Crippen LogP contribution in [0.5, 0.6) is 5.75 Å². The summed E-state index contributed by atoms with van der Waals surface area (Å²) in [7, 11) is 0. The van der Waals surface area contributed by atoms with Crippen LogP contribution in [0.1, 0.15) is 54.1 Å². The molecular weight excluding hydrogens is 306 g/mol. The predicted molar refractivity (Wildman–Crippen MR) is 90.4 cm³/mol. The van der Waals surface area contributed by atoms with Crippen LogP contribution in [0.15, 0.2) is 12.1 Å². The lowest BCUT2D eigenvalue weighted by Gasteiger charge is -2.30. The summed E-state index contributed by atoms with van der Waals surface area (Å²) < 4.78 is 5.36. The van der Waals surface area contributed by atoms with Gasteiger partial charge in [-0.2, -0.15) is 0 Å². The van der Waals surface area contributed by atoms with Crippen molar-refractivity contribution in [1.29, 1.82) is 0 Å². The van der Waals surface area contributed by atoms with Gasteiger partial charge in [0.05, 0.1) is 0 Å². The van der Waals surface area contributed by atoms with E-state index in [4.69, 9.17) is 9.84 Å². The molecule has 1 aromatic rings. The van der Waals surface area contributed by atoms with E-state index in [1.54, 1.807) is 0 Å². The summed E-state index contributed by atoms with van der Waals surface area (Å²) in [4.78, 5) is 25.8. The van der Waals surface area contributed by atoms with Crippen LogP contribution in [0, 0.1) is 19.8 Å². The first-order chi connectivity index (χ1) is 11.4. The van der Waals surface area contributed by atoms with E-state index in [2.05, 4.69) is 11.8 Å². The van der Waals surface area contributed by atoms with Gasteiger partial charge in [0.25, 0.3) is 5.91 Å². The maximum absolute atomic E-state index is 13.1. The average Bonchev–Trinajstić information content (AvgIpc) is 3.36. The van der Waals surface area contributed by atoms with E-state index in [0.717, 1.165) is 24.0 Å². The lowest BCUT2D eigenvalue weighted by atomic mass is 10.0. The molecular formula is C19H25NO4. The molecule has 1 atom stereocenters. The van der Waals surface area contributed by atoms with Crippen LogP contribution in [0.3, 0.4) is 0 Å². The highest BCUT2D eigenvalue weighted by Crippen LogP contribution is 2.40. The molecule has 5 nitrogen and oxygen atoms in total. The third-order valence-electron chi connectivity index (χ3n) is 4.97. The Labute approximate surface area is 142 Å². The van der Waals surface area contributed by atoms with Gasteiger partial charge in [-0.25, -0.2) is 4.79 Å². The van der Waals surface area contributed by atoms with Crippen molar-refractivity contribution in [3.8, 4) is 5.75 Å². The van der Waals surface area contributed by atoms with Gasteiger partial charge in [-0.05, 0) is 75.6 Å². The van der Waals surface area contributed by atoms with Crippen LogP contribution in [0.2, 0.25) is 0 Å². The fourth-order valence-electron chi connectivity index (χ4n) is 3.43. The number of carboxylic acids is 1.